The smallest absolute Gasteiger partial charge is 0.257 e. The molecule has 0 bridgehead atoms. The van der Waals surface area contributed by atoms with E-state index < -0.39 is 6.10 Å². The average molecular weight is 414 g/mol. The number of nitrogen functional groups attached to an aromatic ring is 1. The van der Waals surface area contributed by atoms with Gasteiger partial charge >= 0.3 is 0 Å². The molecule has 1 unspecified atom stereocenters. The summed E-state index contributed by atoms with van der Waals surface area (Å²) in [6.45, 7) is 3.53. The summed E-state index contributed by atoms with van der Waals surface area (Å²) in [7, 11) is 3.34. The Balaban J connectivity index is 2.44. The maximum absolute atomic E-state index is 12.5. The number of nitrogens with zero attached hydrogens (tertiary/aromatic N) is 3. The Hall–Kier alpha value is -1.86. The van der Waals surface area contributed by atoms with E-state index in [9.17, 15) is 4.79 Å². The number of rotatable bonds is 4. The topological polar surface area (TPSA) is 81.3 Å². The lowest BCUT2D eigenvalue weighted by Gasteiger charge is -2.21. The fourth-order valence-electron chi connectivity index (χ4n) is 2.22. The van der Waals surface area contributed by atoms with Crippen molar-refractivity contribution in [1.82, 2.24) is 14.9 Å². The van der Waals surface area contributed by atoms with Crippen molar-refractivity contribution in [3.05, 3.63) is 44.6 Å². The number of ether oxygens (including phenoxy) is 1. The van der Waals surface area contributed by atoms with Crippen LogP contribution in [0.25, 0.3) is 0 Å². The van der Waals surface area contributed by atoms with Crippen LogP contribution in [0.5, 0.6) is 5.75 Å². The molecule has 1 atom stereocenters. The third-order valence-corrected chi connectivity index (χ3v) is 4.19. The summed E-state index contributed by atoms with van der Waals surface area (Å²) < 4.78 is 6.65. The van der Waals surface area contributed by atoms with Gasteiger partial charge in [-0.1, -0.05) is 11.6 Å². The van der Waals surface area contributed by atoms with Crippen LogP contribution in [0, 0.1) is 6.92 Å². The molecule has 128 valence electrons. The van der Waals surface area contributed by atoms with E-state index in [1.807, 2.05) is 0 Å². The summed E-state index contributed by atoms with van der Waals surface area (Å²) in [4.78, 5) is 22.3. The summed E-state index contributed by atoms with van der Waals surface area (Å²) in [6.07, 6.45) is -0.509. The lowest BCUT2D eigenvalue weighted by atomic mass is 10.1. The number of amides is 1. The van der Waals surface area contributed by atoms with Gasteiger partial charge in [-0.05, 0) is 48.0 Å². The Labute approximate surface area is 154 Å². The van der Waals surface area contributed by atoms with E-state index in [-0.39, 0.29) is 11.9 Å². The summed E-state index contributed by atoms with van der Waals surface area (Å²) in [5.41, 5.74) is 7.11. The lowest BCUT2D eigenvalue weighted by Crippen LogP contribution is -2.27. The van der Waals surface area contributed by atoms with Crippen molar-refractivity contribution in [3.63, 3.8) is 0 Å². The number of hydrogen-bond donors (Lipinski definition) is 1. The van der Waals surface area contributed by atoms with Gasteiger partial charge in [0.1, 0.15) is 11.9 Å². The second-order valence-corrected chi connectivity index (χ2v) is 6.75. The highest BCUT2D eigenvalue weighted by atomic mass is 79.9. The first kappa shape index (κ1) is 18.5. The third-order valence-electron chi connectivity index (χ3n) is 3.34. The van der Waals surface area contributed by atoms with E-state index in [0.717, 1.165) is 0 Å². The minimum Gasteiger partial charge on any atom is -0.483 e. The second kappa shape index (κ2) is 7.36. The van der Waals surface area contributed by atoms with E-state index in [2.05, 4.69) is 25.9 Å². The molecule has 1 aromatic heterocycles. The number of anilines is 1. The Morgan fingerprint density at radius 2 is 2.04 bits per heavy atom. The molecule has 0 aliphatic heterocycles. The van der Waals surface area contributed by atoms with Crippen LogP contribution in [0.4, 0.5) is 5.95 Å². The fraction of sp³-hybridized carbons (Fsp3) is 0.312. The molecule has 0 radical (unpaired) electrons. The maximum Gasteiger partial charge on any atom is 0.257 e. The highest BCUT2D eigenvalue weighted by Crippen LogP contribution is 2.32. The molecule has 0 saturated carbocycles. The van der Waals surface area contributed by atoms with Crippen LogP contribution in [0.2, 0.25) is 5.02 Å². The molecule has 8 heteroatoms. The maximum atomic E-state index is 12.5. The molecule has 24 heavy (non-hydrogen) atoms. The number of aryl methyl sites for hydroxylation is 1. The van der Waals surface area contributed by atoms with E-state index >= 15 is 0 Å². The SMILES string of the molecule is Cc1nc(N)nc(C(C)Oc2ccc(Cl)cc2Br)c1C(=O)N(C)C. The minimum atomic E-state index is -0.509. The van der Waals surface area contributed by atoms with Crippen LogP contribution in [0.3, 0.4) is 0 Å². The summed E-state index contributed by atoms with van der Waals surface area (Å²) >= 11 is 9.35. The van der Waals surface area contributed by atoms with Crippen LogP contribution < -0.4 is 10.5 Å². The van der Waals surface area contributed by atoms with E-state index in [1.165, 1.54) is 4.90 Å². The first-order valence-corrected chi connectivity index (χ1v) is 8.35. The van der Waals surface area contributed by atoms with Gasteiger partial charge in [0.05, 0.1) is 21.4 Å². The summed E-state index contributed by atoms with van der Waals surface area (Å²) in [6, 6.07) is 5.20. The molecule has 2 aromatic rings. The molecular weight excluding hydrogens is 396 g/mol. The molecule has 0 saturated heterocycles. The average Bonchev–Trinajstić information content (AvgIpc) is 2.48. The second-order valence-electron chi connectivity index (χ2n) is 5.46. The molecule has 1 aromatic carbocycles. The summed E-state index contributed by atoms with van der Waals surface area (Å²) in [5.74, 6) is 0.488. The number of aromatic nitrogens is 2. The predicted molar refractivity (Wildman–Crippen MR) is 97.4 cm³/mol. The Morgan fingerprint density at radius 1 is 1.38 bits per heavy atom. The highest BCUT2D eigenvalue weighted by Gasteiger charge is 2.24. The molecule has 6 nitrogen and oxygen atoms in total. The Bertz CT molecular complexity index is 783. The predicted octanol–water partition coefficient (Wildman–Crippen LogP) is 3.62. The van der Waals surface area contributed by atoms with Crippen LogP contribution >= 0.6 is 27.5 Å². The van der Waals surface area contributed by atoms with Gasteiger partial charge in [-0.15, -0.1) is 0 Å². The first-order valence-electron chi connectivity index (χ1n) is 7.18. The van der Waals surface area contributed by atoms with Gasteiger partial charge in [-0.2, -0.15) is 0 Å². The number of carbonyl (C=O) groups is 1. The van der Waals surface area contributed by atoms with Crippen molar-refractivity contribution in [2.75, 3.05) is 19.8 Å². The number of halogens is 2. The van der Waals surface area contributed by atoms with Gasteiger partial charge in [-0.3, -0.25) is 4.79 Å². The molecule has 0 aliphatic rings. The largest absolute Gasteiger partial charge is 0.483 e. The Kier molecular flexibility index (Phi) is 5.66. The van der Waals surface area contributed by atoms with Gasteiger partial charge in [0, 0.05) is 19.1 Å². The molecule has 0 spiro atoms. The van der Waals surface area contributed by atoms with Crippen molar-refractivity contribution in [2.45, 2.75) is 20.0 Å². The monoisotopic (exact) mass is 412 g/mol. The van der Waals surface area contributed by atoms with Gasteiger partial charge in [0.25, 0.3) is 5.91 Å². The Morgan fingerprint density at radius 3 is 2.62 bits per heavy atom. The van der Waals surface area contributed by atoms with Crippen molar-refractivity contribution in [3.8, 4) is 5.75 Å². The van der Waals surface area contributed by atoms with E-state index in [1.54, 1.807) is 46.1 Å². The number of nitrogens with two attached hydrogens (primary N) is 1. The number of hydrogen-bond acceptors (Lipinski definition) is 5. The quantitative estimate of drug-likeness (QED) is 0.828. The van der Waals surface area contributed by atoms with E-state index in [4.69, 9.17) is 22.1 Å². The highest BCUT2D eigenvalue weighted by molar-refractivity contribution is 9.10. The summed E-state index contributed by atoms with van der Waals surface area (Å²) in [5, 5.41) is 0.590. The zero-order valence-electron chi connectivity index (χ0n) is 13.8. The fourth-order valence-corrected chi connectivity index (χ4v) is 2.99. The molecule has 2 rings (SSSR count). The van der Waals surface area contributed by atoms with Gasteiger partial charge < -0.3 is 15.4 Å². The molecule has 2 N–H and O–H groups in total. The zero-order valence-corrected chi connectivity index (χ0v) is 16.1. The lowest BCUT2D eigenvalue weighted by molar-refractivity contribution is 0.0820. The zero-order chi connectivity index (χ0) is 18.0. The van der Waals surface area contributed by atoms with Crippen LogP contribution in [0.1, 0.15) is 34.8 Å². The van der Waals surface area contributed by atoms with Crippen molar-refractivity contribution >= 4 is 39.4 Å². The molecule has 1 heterocycles. The van der Waals surface area contributed by atoms with E-state index in [0.29, 0.717) is 32.2 Å². The molecule has 0 fully saturated rings. The third kappa shape index (κ3) is 3.96. The molecule has 1 amide bonds. The van der Waals surface area contributed by atoms with Gasteiger partial charge in [-0.25, -0.2) is 9.97 Å². The number of benzene rings is 1. The van der Waals surface area contributed by atoms with Crippen LogP contribution in [-0.2, 0) is 0 Å². The minimum absolute atomic E-state index is 0.100. The van der Waals surface area contributed by atoms with Crippen molar-refractivity contribution in [2.24, 2.45) is 0 Å². The first-order chi connectivity index (χ1) is 11.2. The van der Waals surface area contributed by atoms with Crippen molar-refractivity contribution < 1.29 is 9.53 Å². The van der Waals surface area contributed by atoms with Crippen molar-refractivity contribution in [1.29, 1.82) is 0 Å². The molecular formula is C16H18BrClN4O2. The van der Waals surface area contributed by atoms with Crippen LogP contribution in [-0.4, -0.2) is 34.9 Å². The standard InChI is InChI=1S/C16H18BrClN4O2/c1-8-13(15(23)22(3)4)14(21-16(19)20-8)9(2)24-12-6-5-10(18)7-11(12)17/h5-7,9H,1-4H3,(H2,19,20,21). The van der Waals surface area contributed by atoms with Gasteiger partial charge in [0.2, 0.25) is 5.95 Å². The number of carbonyl (C=O) groups excluding carboxylic acids is 1. The van der Waals surface area contributed by atoms with Crippen LogP contribution in [0.15, 0.2) is 22.7 Å². The molecule has 0 aliphatic carbocycles. The van der Waals surface area contributed by atoms with Gasteiger partial charge in [0.15, 0.2) is 0 Å². The normalized spacial score (nSPS) is 11.9.